The first kappa shape index (κ1) is 10.3. The third kappa shape index (κ3) is 3.86. The van der Waals surface area contributed by atoms with Gasteiger partial charge in [-0.05, 0) is 12.8 Å². The molecule has 64 valence electrons. The first-order chi connectivity index (χ1) is 5.02. The van der Waals surface area contributed by atoms with E-state index in [1.54, 1.807) is 0 Å². The van der Waals surface area contributed by atoms with Gasteiger partial charge in [0.05, 0.1) is 5.92 Å². The van der Waals surface area contributed by atoms with Crippen LogP contribution in [0.15, 0.2) is 25.3 Å². The lowest BCUT2D eigenvalue weighted by atomic mass is 10.0. The third-order valence-corrected chi connectivity index (χ3v) is 1.37. The Morgan fingerprint density at radius 2 is 1.45 bits per heavy atom. The first-order valence-corrected chi connectivity index (χ1v) is 3.31. The Morgan fingerprint density at radius 1 is 1.09 bits per heavy atom. The maximum absolute atomic E-state index is 12.0. The normalized spacial score (nSPS) is 11.6. The van der Waals surface area contributed by atoms with Crippen LogP contribution in [0.3, 0.4) is 0 Å². The van der Waals surface area contributed by atoms with Crippen LogP contribution >= 0.6 is 0 Å². The SMILES string of the molecule is C=CCC(CC=C)C(F)(F)F. The number of allylic oxidation sites excluding steroid dienone is 2. The van der Waals surface area contributed by atoms with Crippen LogP contribution in [0.5, 0.6) is 0 Å². The molecule has 0 atom stereocenters. The van der Waals surface area contributed by atoms with Gasteiger partial charge in [0.15, 0.2) is 0 Å². The fourth-order valence-corrected chi connectivity index (χ4v) is 0.766. The molecule has 0 N–H and O–H groups in total. The van der Waals surface area contributed by atoms with Gasteiger partial charge in [0.25, 0.3) is 0 Å². The molecule has 0 aromatic carbocycles. The lowest BCUT2D eigenvalue weighted by molar-refractivity contribution is -0.172. The van der Waals surface area contributed by atoms with Gasteiger partial charge in [-0.1, -0.05) is 12.2 Å². The van der Waals surface area contributed by atoms with Crippen molar-refractivity contribution in [3.05, 3.63) is 25.3 Å². The summed E-state index contributed by atoms with van der Waals surface area (Å²) in [5, 5.41) is 0. The molecule has 0 fully saturated rings. The van der Waals surface area contributed by atoms with Crippen molar-refractivity contribution in [2.75, 3.05) is 0 Å². The number of hydrogen-bond donors (Lipinski definition) is 0. The average Bonchev–Trinajstić information content (AvgIpc) is 1.85. The van der Waals surface area contributed by atoms with Crippen LogP contribution in [0.1, 0.15) is 12.8 Å². The molecule has 0 unspecified atom stereocenters. The van der Waals surface area contributed by atoms with Gasteiger partial charge in [0, 0.05) is 0 Å². The van der Waals surface area contributed by atoms with Gasteiger partial charge < -0.3 is 0 Å². The van der Waals surface area contributed by atoms with E-state index in [0.717, 1.165) is 0 Å². The summed E-state index contributed by atoms with van der Waals surface area (Å²) in [5.74, 6) is -1.31. The summed E-state index contributed by atoms with van der Waals surface area (Å²) in [6.07, 6.45) is -1.63. The van der Waals surface area contributed by atoms with Gasteiger partial charge >= 0.3 is 6.18 Å². The molecule has 0 heterocycles. The summed E-state index contributed by atoms with van der Waals surface area (Å²) in [4.78, 5) is 0. The fraction of sp³-hybridized carbons (Fsp3) is 0.500. The Bertz CT molecular complexity index is 125. The molecular formula is C8H11F3. The van der Waals surface area contributed by atoms with E-state index < -0.39 is 12.1 Å². The number of halogens is 3. The molecule has 0 bridgehead atoms. The first-order valence-electron chi connectivity index (χ1n) is 3.31. The second-order valence-corrected chi connectivity index (χ2v) is 2.29. The quantitative estimate of drug-likeness (QED) is 0.559. The monoisotopic (exact) mass is 164 g/mol. The van der Waals surface area contributed by atoms with E-state index in [0.29, 0.717) is 0 Å². The molecular weight excluding hydrogens is 153 g/mol. The van der Waals surface area contributed by atoms with E-state index in [2.05, 4.69) is 13.2 Å². The summed E-state index contributed by atoms with van der Waals surface area (Å²) in [6.45, 7) is 6.52. The van der Waals surface area contributed by atoms with Crippen molar-refractivity contribution in [1.82, 2.24) is 0 Å². The Kier molecular flexibility index (Phi) is 3.93. The number of hydrogen-bond acceptors (Lipinski definition) is 0. The largest absolute Gasteiger partial charge is 0.392 e. The molecule has 0 spiro atoms. The average molecular weight is 164 g/mol. The van der Waals surface area contributed by atoms with E-state index in [9.17, 15) is 13.2 Å². The van der Waals surface area contributed by atoms with Crippen molar-refractivity contribution in [3.63, 3.8) is 0 Å². The summed E-state index contributed by atoms with van der Waals surface area (Å²) < 4.78 is 36.0. The zero-order valence-corrected chi connectivity index (χ0v) is 6.19. The number of alkyl halides is 3. The van der Waals surface area contributed by atoms with Crippen LogP contribution in [-0.4, -0.2) is 6.18 Å². The maximum atomic E-state index is 12.0. The molecule has 0 amide bonds. The minimum absolute atomic E-state index is 0.0322. The van der Waals surface area contributed by atoms with Crippen molar-refractivity contribution >= 4 is 0 Å². The zero-order chi connectivity index (χ0) is 8.91. The minimum Gasteiger partial charge on any atom is -0.171 e. The highest BCUT2D eigenvalue weighted by atomic mass is 19.4. The standard InChI is InChI=1S/C8H11F3/c1-3-5-7(6-4-2)8(9,10)11/h3-4,7H,1-2,5-6H2. The topological polar surface area (TPSA) is 0 Å². The minimum atomic E-state index is -4.12. The van der Waals surface area contributed by atoms with Crippen LogP contribution in [0.4, 0.5) is 13.2 Å². The van der Waals surface area contributed by atoms with Crippen LogP contribution < -0.4 is 0 Å². The molecule has 0 aliphatic heterocycles. The molecule has 0 radical (unpaired) electrons. The smallest absolute Gasteiger partial charge is 0.171 e. The van der Waals surface area contributed by atoms with Gasteiger partial charge in [-0.2, -0.15) is 13.2 Å². The molecule has 11 heavy (non-hydrogen) atoms. The van der Waals surface area contributed by atoms with Crippen LogP contribution in [-0.2, 0) is 0 Å². The third-order valence-electron chi connectivity index (χ3n) is 1.37. The number of rotatable bonds is 4. The van der Waals surface area contributed by atoms with Gasteiger partial charge in [-0.15, -0.1) is 13.2 Å². The lowest BCUT2D eigenvalue weighted by Crippen LogP contribution is -2.21. The highest BCUT2D eigenvalue weighted by Crippen LogP contribution is 2.31. The Labute approximate surface area is 64.4 Å². The summed E-state index contributed by atoms with van der Waals surface area (Å²) >= 11 is 0. The lowest BCUT2D eigenvalue weighted by Gasteiger charge is -2.16. The predicted molar refractivity (Wildman–Crippen MR) is 39.2 cm³/mol. The van der Waals surface area contributed by atoms with Gasteiger partial charge in [-0.3, -0.25) is 0 Å². The maximum Gasteiger partial charge on any atom is 0.392 e. The highest BCUT2D eigenvalue weighted by molar-refractivity contribution is 4.83. The van der Waals surface area contributed by atoms with Crippen LogP contribution in [0.2, 0.25) is 0 Å². The van der Waals surface area contributed by atoms with Crippen LogP contribution in [0.25, 0.3) is 0 Å². The van der Waals surface area contributed by atoms with Crippen molar-refractivity contribution in [3.8, 4) is 0 Å². The van der Waals surface area contributed by atoms with E-state index in [1.807, 2.05) is 0 Å². The fourth-order valence-electron chi connectivity index (χ4n) is 0.766. The molecule has 0 aromatic heterocycles. The van der Waals surface area contributed by atoms with E-state index in [4.69, 9.17) is 0 Å². The van der Waals surface area contributed by atoms with Crippen molar-refractivity contribution in [2.24, 2.45) is 5.92 Å². The molecule has 0 saturated heterocycles. The van der Waals surface area contributed by atoms with Gasteiger partial charge in [0.1, 0.15) is 0 Å². The van der Waals surface area contributed by atoms with Gasteiger partial charge in [-0.25, -0.2) is 0 Å². The molecule has 0 nitrogen and oxygen atoms in total. The highest BCUT2D eigenvalue weighted by Gasteiger charge is 2.37. The molecule has 0 aromatic rings. The second-order valence-electron chi connectivity index (χ2n) is 2.29. The van der Waals surface area contributed by atoms with E-state index in [1.165, 1.54) is 12.2 Å². The predicted octanol–water partition coefficient (Wildman–Crippen LogP) is 3.32. The van der Waals surface area contributed by atoms with E-state index in [-0.39, 0.29) is 12.8 Å². The summed E-state index contributed by atoms with van der Waals surface area (Å²) in [5.41, 5.74) is 0. The Morgan fingerprint density at radius 3 is 1.64 bits per heavy atom. The van der Waals surface area contributed by atoms with Crippen molar-refractivity contribution in [2.45, 2.75) is 19.0 Å². The summed E-state index contributed by atoms with van der Waals surface area (Å²) in [7, 11) is 0. The van der Waals surface area contributed by atoms with E-state index >= 15 is 0 Å². The molecule has 0 saturated carbocycles. The second kappa shape index (κ2) is 4.21. The molecule has 0 aliphatic carbocycles. The van der Waals surface area contributed by atoms with Crippen LogP contribution in [0, 0.1) is 5.92 Å². The van der Waals surface area contributed by atoms with Crippen molar-refractivity contribution in [1.29, 1.82) is 0 Å². The molecule has 3 heteroatoms. The Balaban J connectivity index is 4.08. The Hall–Kier alpha value is -0.730. The summed E-state index contributed by atoms with van der Waals surface area (Å²) in [6, 6.07) is 0. The zero-order valence-electron chi connectivity index (χ0n) is 6.19. The molecule has 0 aliphatic rings. The molecule has 0 rings (SSSR count). The van der Waals surface area contributed by atoms with Gasteiger partial charge in [0.2, 0.25) is 0 Å². The van der Waals surface area contributed by atoms with Crippen molar-refractivity contribution < 1.29 is 13.2 Å².